The molecule has 0 aromatic carbocycles. The van der Waals surface area contributed by atoms with E-state index < -0.39 is 0 Å². The van der Waals surface area contributed by atoms with Gasteiger partial charge in [-0.05, 0) is 38.3 Å². The van der Waals surface area contributed by atoms with E-state index in [4.69, 9.17) is 5.73 Å². The largest absolute Gasteiger partial charge is 0.350 e. The van der Waals surface area contributed by atoms with Crippen LogP contribution in [-0.2, 0) is 0 Å². The molecule has 88 valence electrons. The summed E-state index contributed by atoms with van der Waals surface area (Å²) in [7, 11) is 0. The van der Waals surface area contributed by atoms with Crippen LogP contribution in [0.1, 0.15) is 26.2 Å². The highest BCUT2D eigenvalue weighted by atomic mass is 19.1. The molecule has 2 N–H and O–H groups in total. The lowest BCUT2D eigenvalue weighted by Crippen LogP contribution is -2.49. The summed E-state index contributed by atoms with van der Waals surface area (Å²) in [5.74, 6) is 0.194. The number of hydrogen-bond donors (Lipinski definition) is 1. The van der Waals surface area contributed by atoms with Gasteiger partial charge in [0, 0.05) is 24.8 Å². The van der Waals surface area contributed by atoms with Crippen molar-refractivity contribution in [1.82, 2.24) is 4.98 Å². The molecule has 2 heterocycles. The van der Waals surface area contributed by atoms with Gasteiger partial charge in [0.25, 0.3) is 0 Å². The zero-order chi connectivity index (χ0) is 11.5. The third kappa shape index (κ3) is 2.16. The molecule has 1 aromatic heterocycles. The molecule has 4 heteroatoms. The van der Waals surface area contributed by atoms with Crippen LogP contribution in [0.2, 0.25) is 0 Å². The molecule has 0 saturated carbocycles. The summed E-state index contributed by atoms with van der Waals surface area (Å²) in [4.78, 5) is 6.15. The van der Waals surface area contributed by atoms with Gasteiger partial charge in [0.1, 0.15) is 0 Å². The number of anilines is 1. The van der Waals surface area contributed by atoms with Crippen molar-refractivity contribution in [2.75, 3.05) is 11.4 Å². The highest BCUT2D eigenvalue weighted by Crippen LogP contribution is 2.26. The van der Waals surface area contributed by atoms with Crippen molar-refractivity contribution in [3.8, 4) is 0 Å². The van der Waals surface area contributed by atoms with E-state index in [1.165, 1.54) is 6.07 Å². The average Bonchev–Trinajstić information content (AvgIpc) is 2.29. The number of halogens is 1. The van der Waals surface area contributed by atoms with Crippen molar-refractivity contribution < 1.29 is 4.39 Å². The summed E-state index contributed by atoms with van der Waals surface area (Å²) in [6.45, 7) is 2.82. The van der Waals surface area contributed by atoms with Crippen molar-refractivity contribution >= 4 is 5.82 Å². The molecule has 1 fully saturated rings. The van der Waals surface area contributed by atoms with E-state index in [1.54, 1.807) is 12.3 Å². The highest BCUT2D eigenvalue weighted by Gasteiger charge is 2.27. The maximum Gasteiger partial charge on any atom is 0.165 e. The van der Waals surface area contributed by atoms with Crippen LogP contribution >= 0.6 is 0 Å². The summed E-state index contributed by atoms with van der Waals surface area (Å²) < 4.78 is 13.7. The normalized spacial score (nSPS) is 23.2. The average molecular weight is 223 g/mol. The smallest absolute Gasteiger partial charge is 0.165 e. The molecule has 2 rings (SSSR count). The first-order valence-corrected chi connectivity index (χ1v) is 5.83. The predicted molar refractivity (Wildman–Crippen MR) is 62.8 cm³/mol. The summed E-state index contributed by atoms with van der Waals surface area (Å²) >= 11 is 0. The van der Waals surface area contributed by atoms with E-state index in [-0.39, 0.29) is 17.9 Å². The molecule has 16 heavy (non-hydrogen) atoms. The van der Waals surface area contributed by atoms with Gasteiger partial charge in [-0.25, -0.2) is 9.37 Å². The number of nitrogens with zero attached hydrogens (tertiary/aromatic N) is 2. The molecule has 1 aromatic rings. The van der Waals surface area contributed by atoms with Crippen molar-refractivity contribution in [2.45, 2.75) is 38.3 Å². The summed E-state index contributed by atoms with van der Waals surface area (Å²) in [6, 6.07) is 3.32. The Balaban J connectivity index is 2.27. The van der Waals surface area contributed by atoms with Crippen LogP contribution in [0, 0.1) is 5.82 Å². The zero-order valence-electron chi connectivity index (χ0n) is 9.56. The van der Waals surface area contributed by atoms with Gasteiger partial charge in [-0.3, -0.25) is 0 Å². The molecule has 0 aliphatic carbocycles. The number of piperidine rings is 1. The summed E-state index contributed by atoms with van der Waals surface area (Å²) in [5.41, 5.74) is 5.95. The Bertz CT molecular complexity index is 354. The molecule has 0 spiro atoms. The Hall–Kier alpha value is -1.16. The molecule has 1 aliphatic rings. The third-order valence-electron chi connectivity index (χ3n) is 3.17. The topological polar surface area (TPSA) is 42.1 Å². The molecule has 0 bridgehead atoms. The number of nitrogens with two attached hydrogens (primary N) is 1. The minimum absolute atomic E-state index is 0.0432. The fourth-order valence-corrected chi connectivity index (χ4v) is 2.36. The molecule has 2 atom stereocenters. The second kappa shape index (κ2) is 4.78. The van der Waals surface area contributed by atoms with Crippen molar-refractivity contribution in [3.63, 3.8) is 0 Å². The van der Waals surface area contributed by atoms with Gasteiger partial charge in [-0.2, -0.15) is 0 Å². The van der Waals surface area contributed by atoms with Crippen molar-refractivity contribution in [3.05, 3.63) is 24.1 Å². The summed E-state index contributed by atoms with van der Waals surface area (Å²) in [5, 5.41) is 0. The lowest BCUT2D eigenvalue weighted by Gasteiger charge is -2.38. The van der Waals surface area contributed by atoms with Crippen LogP contribution in [0.3, 0.4) is 0 Å². The maximum atomic E-state index is 13.7. The fraction of sp³-hybridized carbons (Fsp3) is 0.583. The van der Waals surface area contributed by atoms with E-state index in [1.807, 2.05) is 11.8 Å². The van der Waals surface area contributed by atoms with E-state index in [2.05, 4.69) is 4.98 Å². The molecule has 3 nitrogen and oxygen atoms in total. The zero-order valence-corrected chi connectivity index (χ0v) is 9.56. The van der Waals surface area contributed by atoms with Gasteiger partial charge in [0.05, 0.1) is 0 Å². The molecule has 1 aliphatic heterocycles. The number of rotatable bonds is 2. The van der Waals surface area contributed by atoms with Crippen molar-refractivity contribution in [1.29, 1.82) is 0 Å². The second-order valence-corrected chi connectivity index (χ2v) is 4.42. The van der Waals surface area contributed by atoms with Crippen LogP contribution in [0.5, 0.6) is 0 Å². The van der Waals surface area contributed by atoms with E-state index in [9.17, 15) is 4.39 Å². The van der Waals surface area contributed by atoms with Crippen LogP contribution in [0.15, 0.2) is 18.3 Å². The van der Waals surface area contributed by atoms with E-state index in [0.717, 1.165) is 25.8 Å². The Kier molecular flexibility index (Phi) is 3.39. The van der Waals surface area contributed by atoms with Crippen LogP contribution in [0.25, 0.3) is 0 Å². The number of aromatic nitrogens is 1. The van der Waals surface area contributed by atoms with Crippen LogP contribution in [0.4, 0.5) is 10.2 Å². The van der Waals surface area contributed by atoms with E-state index in [0.29, 0.717) is 5.82 Å². The molecular weight excluding hydrogens is 205 g/mol. The minimum Gasteiger partial charge on any atom is -0.350 e. The first kappa shape index (κ1) is 11.3. The predicted octanol–water partition coefficient (Wildman–Crippen LogP) is 1.93. The Labute approximate surface area is 95.5 Å². The minimum atomic E-state index is -0.255. The van der Waals surface area contributed by atoms with Gasteiger partial charge < -0.3 is 10.6 Å². The van der Waals surface area contributed by atoms with Gasteiger partial charge in [-0.1, -0.05) is 0 Å². The second-order valence-electron chi connectivity index (χ2n) is 4.42. The maximum absolute atomic E-state index is 13.7. The van der Waals surface area contributed by atoms with Crippen molar-refractivity contribution in [2.24, 2.45) is 5.73 Å². The Morgan fingerprint density at radius 2 is 2.38 bits per heavy atom. The first-order chi connectivity index (χ1) is 7.70. The standard InChI is InChI=1S/C12H18FN3/c1-9(14)11-6-2-3-8-16(11)12-10(13)5-4-7-15-12/h4-5,7,9,11H,2-3,6,8,14H2,1H3. The fourth-order valence-electron chi connectivity index (χ4n) is 2.36. The van der Waals surface area contributed by atoms with Gasteiger partial charge >= 0.3 is 0 Å². The van der Waals surface area contributed by atoms with E-state index >= 15 is 0 Å². The summed E-state index contributed by atoms with van der Waals surface area (Å²) in [6.07, 6.45) is 4.90. The molecule has 0 amide bonds. The lowest BCUT2D eigenvalue weighted by molar-refractivity contribution is 0.405. The SMILES string of the molecule is CC(N)C1CCCCN1c1ncccc1F. The highest BCUT2D eigenvalue weighted by molar-refractivity contribution is 5.41. The number of hydrogen-bond acceptors (Lipinski definition) is 3. The Morgan fingerprint density at radius 3 is 3.06 bits per heavy atom. The van der Waals surface area contributed by atoms with Gasteiger partial charge in [0.2, 0.25) is 0 Å². The van der Waals surface area contributed by atoms with Gasteiger partial charge in [-0.15, -0.1) is 0 Å². The molecule has 2 unspecified atom stereocenters. The monoisotopic (exact) mass is 223 g/mol. The molecule has 0 radical (unpaired) electrons. The Morgan fingerprint density at radius 1 is 1.56 bits per heavy atom. The van der Waals surface area contributed by atoms with Crippen LogP contribution in [-0.4, -0.2) is 23.6 Å². The third-order valence-corrected chi connectivity index (χ3v) is 3.17. The lowest BCUT2D eigenvalue weighted by atomic mass is 9.97. The molecular formula is C12H18FN3. The molecule has 1 saturated heterocycles. The van der Waals surface area contributed by atoms with Gasteiger partial charge in [0.15, 0.2) is 11.6 Å². The quantitative estimate of drug-likeness (QED) is 0.833. The van der Waals surface area contributed by atoms with Crippen LogP contribution < -0.4 is 10.6 Å². The first-order valence-electron chi connectivity index (χ1n) is 5.83. The number of pyridine rings is 1.